The van der Waals surface area contributed by atoms with Gasteiger partial charge in [0.1, 0.15) is 0 Å². The molecule has 4 aliphatic rings. The van der Waals surface area contributed by atoms with Crippen LogP contribution in [0, 0.1) is 47.0 Å². The lowest BCUT2D eigenvalue weighted by atomic mass is 9.69. The van der Waals surface area contributed by atoms with E-state index in [-0.39, 0.29) is 18.1 Å². The summed E-state index contributed by atoms with van der Waals surface area (Å²) in [4.78, 5) is 0. The molecule has 0 amide bonds. The summed E-state index contributed by atoms with van der Waals surface area (Å²) in [6.45, 7) is 3.41. The summed E-state index contributed by atoms with van der Waals surface area (Å²) in [7, 11) is 0. The fourth-order valence-corrected chi connectivity index (χ4v) is 7.35. The first-order valence-corrected chi connectivity index (χ1v) is 14.6. The molecule has 1 aromatic carbocycles. The number of halogens is 5. The van der Waals surface area contributed by atoms with E-state index < -0.39 is 35.6 Å². The van der Waals surface area contributed by atoms with E-state index in [2.05, 4.69) is 6.92 Å². The van der Waals surface area contributed by atoms with Gasteiger partial charge in [-0.25, -0.2) is 13.2 Å². The summed E-state index contributed by atoms with van der Waals surface area (Å²) in [5, 5.41) is 0. The largest absolute Gasteiger partial charge is 0.358 e. The minimum absolute atomic E-state index is 0.0316. The van der Waals surface area contributed by atoms with Gasteiger partial charge in [0.15, 0.2) is 23.7 Å². The monoisotopic (exact) mass is 544 g/mol. The van der Waals surface area contributed by atoms with Gasteiger partial charge in [-0.15, -0.1) is 0 Å². The molecule has 3 aliphatic carbocycles. The molecule has 0 unspecified atom stereocenters. The molecule has 3 saturated carbocycles. The van der Waals surface area contributed by atoms with Crippen LogP contribution in [0.5, 0.6) is 0 Å². The van der Waals surface area contributed by atoms with Gasteiger partial charge in [-0.05, 0) is 112 Å². The molecule has 0 aromatic heterocycles. The third kappa shape index (κ3) is 6.55. The van der Waals surface area contributed by atoms with Crippen molar-refractivity contribution >= 4 is 0 Å². The maximum Gasteiger partial charge on any atom is 0.358 e. The first-order valence-electron chi connectivity index (χ1n) is 14.6. The fourth-order valence-electron chi connectivity index (χ4n) is 7.35. The van der Waals surface area contributed by atoms with E-state index in [0.717, 1.165) is 50.7 Å². The van der Waals surface area contributed by atoms with Crippen LogP contribution in [-0.4, -0.2) is 31.7 Å². The second-order valence-electron chi connectivity index (χ2n) is 12.4. The van der Waals surface area contributed by atoms with E-state index in [1.807, 2.05) is 0 Å². The highest BCUT2D eigenvalue weighted by atomic mass is 19.3. The molecule has 1 saturated heterocycles. The molecule has 0 bridgehead atoms. The summed E-state index contributed by atoms with van der Waals surface area (Å²) in [6, 6.07) is 2.24. The molecule has 214 valence electrons. The Morgan fingerprint density at radius 2 is 1.21 bits per heavy atom. The summed E-state index contributed by atoms with van der Waals surface area (Å²) in [5.74, 6) is -2.88. The van der Waals surface area contributed by atoms with Crippen LogP contribution < -0.4 is 0 Å². The molecule has 1 aromatic rings. The lowest BCUT2D eigenvalue weighted by Gasteiger charge is -2.41. The van der Waals surface area contributed by atoms with Crippen molar-refractivity contribution in [2.45, 2.75) is 108 Å². The lowest BCUT2D eigenvalue weighted by molar-refractivity contribution is -0.305. The molecule has 0 radical (unpaired) electrons. The van der Waals surface area contributed by atoms with Crippen molar-refractivity contribution in [3.8, 4) is 0 Å². The molecule has 8 heteroatoms. The van der Waals surface area contributed by atoms with E-state index in [4.69, 9.17) is 14.2 Å². The minimum Gasteiger partial charge on any atom is -0.352 e. The van der Waals surface area contributed by atoms with Crippen LogP contribution in [0.2, 0.25) is 0 Å². The van der Waals surface area contributed by atoms with Crippen molar-refractivity contribution in [1.29, 1.82) is 0 Å². The average molecular weight is 545 g/mol. The van der Waals surface area contributed by atoms with Crippen LogP contribution in [0.1, 0.15) is 95.5 Å². The van der Waals surface area contributed by atoms with Crippen LogP contribution in [0.15, 0.2) is 12.1 Å². The van der Waals surface area contributed by atoms with Crippen molar-refractivity contribution in [2.75, 3.05) is 13.2 Å². The summed E-state index contributed by atoms with van der Waals surface area (Å²) >= 11 is 0. The number of hydrogen-bond donors (Lipinski definition) is 0. The number of hydrogen-bond acceptors (Lipinski definition) is 3. The predicted octanol–water partition coefficient (Wildman–Crippen LogP) is 8.36. The van der Waals surface area contributed by atoms with Crippen LogP contribution in [-0.2, 0) is 14.2 Å². The van der Waals surface area contributed by atoms with Gasteiger partial charge in [0, 0.05) is 11.8 Å². The molecule has 4 fully saturated rings. The van der Waals surface area contributed by atoms with Crippen molar-refractivity contribution in [3.63, 3.8) is 0 Å². The summed E-state index contributed by atoms with van der Waals surface area (Å²) < 4.78 is 87.8. The van der Waals surface area contributed by atoms with E-state index in [1.165, 1.54) is 0 Å². The van der Waals surface area contributed by atoms with Gasteiger partial charge in [-0.1, -0.05) is 6.92 Å². The van der Waals surface area contributed by atoms with Crippen molar-refractivity contribution < 1.29 is 36.2 Å². The van der Waals surface area contributed by atoms with Crippen molar-refractivity contribution in [3.05, 3.63) is 35.1 Å². The Bertz CT molecular complexity index is 887. The highest BCUT2D eigenvalue weighted by molar-refractivity contribution is 5.23. The van der Waals surface area contributed by atoms with Crippen LogP contribution >= 0.6 is 0 Å². The van der Waals surface area contributed by atoms with E-state index >= 15 is 8.78 Å². The molecule has 0 atom stereocenters. The second kappa shape index (κ2) is 12.1. The van der Waals surface area contributed by atoms with Gasteiger partial charge in [0.2, 0.25) is 0 Å². The van der Waals surface area contributed by atoms with Crippen LogP contribution in [0.4, 0.5) is 22.0 Å². The first-order chi connectivity index (χ1) is 18.2. The highest BCUT2D eigenvalue weighted by Gasteiger charge is 2.46. The Hall–Kier alpha value is -1.25. The fraction of sp³-hybridized carbons (Fsp3) is 0.800. The van der Waals surface area contributed by atoms with E-state index in [1.54, 1.807) is 0 Å². The number of rotatable bonds is 6. The van der Waals surface area contributed by atoms with Gasteiger partial charge in [-0.2, -0.15) is 8.78 Å². The molecule has 1 aliphatic heterocycles. The highest BCUT2D eigenvalue weighted by Crippen LogP contribution is 2.46. The SMILES string of the molecule is CC1COC(C2CCC(C(F)(F)OC3CCC(C4CCC(c5cc(F)c(F)c(F)c5)CC4)CC3)CC2)OC1. The summed E-state index contributed by atoms with van der Waals surface area (Å²) in [6.07, 6.45) is 4.96. The molecule has 5 rings (SSSR count). The summed E-state index contributed by atoms with van der Waals surface area (Å²) in [5.41, 5.74) is 0.529. The minimum atomic E-state index is -3.11. The topological polar surface area (TPSA) is 27.7 Å². The Kier molecular flexibility index (Phi) is 9.00. The standard InChI is InChI=1S/C30H41F5O3/c1-18-16-36-29(37-17-18)22-6-10-24(11-7-22)30(34,35)38-25-12-8-20(9-13-25)19-2-4-21(5-3-19)23-14-26(31)28(33)27(32)15-23/h14-15,18-22,24-25,29H,2-13,16-17H2,1H3. The van der Waals surface area contributed by atoms with E-state index in [0.29, 0.717) is 75.1 Å². The first kappa shape index (κ1) is 28.3. The van der Waals surface area contributed by atoms with Gasteiger partial charge >= 0.3 is 6.11 Å². The molecule has 0 N–H and O–H groups in total. The zero-order valence-corrected chi connectivity index (χ0v) is 22.3. The smallest absolute Gasteiger partial charge is 0.352 e. The molecular formula is C30H41F5O3. The Morgan fingerprint density at radius 1 is 0.711 bits per heavy atom. The Morgan fingerprint density at radius 3 is 1.76 bits per heavy atom. The zero-order chi connectivity index (χ0) is 26.9. The van der Waals surface area contributed by atoms with Crippen LogP contribution in [0.3, 0.4) is 0 Å². The second-order valence-corrected chi connectivity index (χ2v) is 12.4. The molecule has 3 nitrogen and oxygen atoms in total. The maximum atomic E-state index is 15.1. The van der Waals surface area contributed by atoms with Crippen LogP contribution in [0.25, 0.3) is 0 Å². The third-order valence-electron chi connectivity index (χ3n) is 9.68. The molecule has 0 spiro atoms. The Labute approximate surface area is 222 Å². The van der Waals surface area contributed by atoms with Crippen molar-refractivity contribution in [2.24, 2.45) is 29.6 Å². The molecular weight excluding hydrogens is 503 g/mol. The maximum absolute atomic E-state index is 15.1. The number of benzene rings is 1. The average Bonchev–Trinajstić information content (AvgIpc) is 2.92. The van der Waals surface area contributed by atoms with E-state index in [9.17, 15) is 13.2 Å². The normalized spacial score (nSPS) is 37.2. The lowest BCUT2D eigenvalue weighted by Crippen LogP contribution is -2.42. The number of alkyl halides is 2. The van der Waals surface area contributed by atoms with Gasteiger partial charge in [0.05, 0.1) is 25.2 Å². The molecule has 1 heterocycles. The van der Waals surface area contributed by atoms with Crippen molar-refractivity contribution in [1.82, 2.24) is 0 Å². The van der Waals surface area contributed by atoms with Gasteiger partial charge < -0.3 is 14.2 Å². The quantitative estimate of drug-likeness (QED) is 0.266. The predicted molar refractivity (Wildman–Crippen MR) is 133 cm³/mol. The zero-order valence-electron chi connectivity index (χ0n) is 22.3. The Balaban J connectivity index is 1.04. The number of ether oxygens (including phenoxy) is 3. The molecule has 38 heavy (non-hydrogen) atoms. The van der Waals surface area contributed by atoms with Gasteiger partial charge in [-0.3, -0.25) is 0 Å². The van der Waals surface area contributed by atoms with Gasteiger partial charge in [0.25, 0.3) is 0 Å². The third-order valence-corrected chi connectivity index (χ3v) is 9.68.